The first-order valence-electron chi connectivity index (χ1n) is 7.46. The van der Waals surface area contributed by atoms with Crippen molar-refractivity contribution in [2.75, 3.05) is 31.3 Å². The van der Waals surface area contributed by atoms with Crippen LogP contribution in [0.5, 0.6) is 5.75 Å². The van der Waals surface area contributed by atoms with Gasteiger partial charge in [-0.3, -0.25) is 4.79 Å². The number of nitrogens with one attached hydrogen (secondary N) is 1. The van der Waals surface area contributed by atoms with Gasteiger partial charge in [-0.1, -0.05) is 0 Å². The van der Waals surface area contributed by atoms with E-state index in [1.54, 1.807) is 24.3 Å². The smallest absolute Gasteiger partial charge is 0.341 e. The SMILES string of the molecule is CS(=O)(=O)N1CCC(C(=O)Nc2ccc(OCC(=O)O)cc2)CC1. The number of hydrogen-bond acceptors (Lipinski definition) is 5. The molecule has 0 atom stereocenters. The molecule has 1 aromatic carbocycles. The van der Waals surface area contributed by atoms with E-state index in [9.17, 15) is 18.0 Å². The zero-order valence-corrected chi connectivity index (χ0v) is 14.1. The topological polar surface area (TPSA) is 113 Å². The lowest BCUT2D eigenvalue weighted by Crippen LogP contribution is -2.40. The van der Waals surface area contributed by atoms with E-state index >= 15 is 0 Å². The summed E-state index contributed by atoms with van der Waals surface area (Å²) >= 11 is 0. The third-order valence-corrected chi connectivity index (χ3v) is 5.08. The van der Waals surface area contributed by atoms with Crippen LogP contribution in [0.25, 0.3) is 0 Å². The molecule has 0 unspecified atom stereocenters. The summed E-state index contributed by atoms with van der Waals surface area (Å²) in [5, 5.41) is 11.3. The molecule has 1 fully saturated rings. The van der Waals surface area contributed by atoms with E-state index < -0.39 is 22.6 Å². The average molecular weight is 356 g/mol. The van der Waals surface area contributed by atoms with Crippen LogP contribution >= 0.6 is 0 Å². The molecule has 1 aromatic rings. The number of carbonyl (C=O) groups excluding carboxylic acids is 1. The summed E-state index contributed by atoms with van der Waals surface area (Å²) < 4.78 is 29.3. The molecule has 8 nitrogen and oxygen atoms in total. The molecule has 0 radical (unpaired) electrons. The van der Waals surface area contributed by atoms with E-state index in [1.165, 1.54) is 10.6 Å². The lowest BCUT2D eigenvalue weighted by atomic mass is 9.97. The predicted molar refractivity (Wildman–Crippen MR) is 87.3 cm³/mol. The number of rotatable bonds is 6. The van der Waals surface area contributed by atoms with Crippen LogP contribution in [0.2, 0.25) is 0 Å². The molecule has 1 amide bonds. The van der Waals surface area contributed by atoms with Crippen molar-refractivity contribution in [3.8, 4) is 5.75 Å². The standard InChI is InChI=1S/C15H20N2O6S/c1-24(21,22)17-8-6-11(7-9-17)15(20)16-12-2-4-13(5-3-12)23-10-14(18)19/h2-5,11H,6-10H2,1H3,(H,16,20)(H,18,19). The van der Waals surface area contributed by atoms with Gasteiger partial charge in [-0.25, -0.2) is 17.5 Å². The molecular formula is C15H20N2O6S. The van der Waals surface area contributed by atoms with Crippen molar-refractivity contribution in [2.24, 2.45) is 5.92 Å². The van der Waals surface area contributed by atoms with Gasteiger partial charge in [0.15, 0.2) is 6.61 Å². The number of carboxylic acid groups (broad SMARTS) is 1. The van der Waals surface area contributed by atoms with Crippen LogP contribution in [0.4, 0.5) is 5.69 Å². The van der Waals surface area contributed by atoms with Crippen LogP contribution in [0.3, 0.4) is 0 Å². The van der Waals surface area contributed by atoms with Gasteiger partial charge < -0.3 is 15.2 Å². The first-order valence-corrected chi connectivity index (χ1v) is 9.31. The number of benzene rings is 1. The Morgan fingerprint density at radius 1 is 1.25 bits per heavy atom. The minimum Gasteiger partial charge on any atom is -0.482 e. The van der Waals surface area contributed by atoms with Crippen LogP contribution in [-0.2, 0) is 19.6 Å². The summed E-state index contributed by atoms with van der Waals surface area (Å²) in [4.78, 5) is 22.7. The van der Waals surface area contributed by atoms with Gasteiger partial charge in [0.25, 0.3) is 0 Å². The van der Waals surface area contributed by atoms with E-state index in [-0.39, 0.29) is 11.8 Å². The normalized spacial score (nSPS) is 16.5. The van der Waals surface area contributed by atoms with Gasteiger partial charge in [0, 0.05) is 24.7 Å². The minimum atomic E-state index is -3.20. The number of anilines is 1. The summed E-state index contributed by atoms with van der Waals surface area (Å²) in [5.41, 5.74) is 0.577. The maximum atomic E-state index is 12.2. The highest BCUT2D eigenvalue weighted by Crippen LogP contribution is 2.22. The number of hydrogen-bond donors (Lipinski definition) is 2. The molecule has 0 aliphatic carbocycles. The number of amides is 1. The first kappa shape index (κ1) is 18.2. The number of nitrogens with zero attached hydrogens (tertiary/aromatic N) is 1. The fourth-order valence-electron chi connectivity index (χ4n) is 2.47. The zero-order chi connectivity index (χ0) is 17.7. The molecule has 9 heteroatoms. The molecule has 0 bridgehead atoms. The van der Waals surface area contributed by atoms with Crippen molar-refractivity contribution in [1.82, 2.24) is 4.31 Å². The Bertz CT molecular complexity index is 693. The van der Waals surface area contributed by atoms with Gasteiger partial charge in [0.2, 0.25) is 15.9 Å². The van der Waals surface area contributed by atoms with Gasteiger partial charge in [-0.15, -0.1) is 0 Å². The molecule has 0 spiro atoms. The number of aliphatic carboxylic acids is 1. The number of sulfonamides is 1. The predicted octanol–water partition coefficient (Wildman–Crippen LogP) is 0.760. The summed E-state index contributed by atoms with van der Waals surface area (Å²) in [6.07, 6.45) is 2.14. The van der Waals surface area contributed by atoms with Crippen LogP contribution in [-0.4, -0.2) is 55.7 Å². The minimum absolute atomic E-state index is 0.151. The molecular weight excluding hydrogens is 336 g/mol. The lowest BCUT2D eigenvalue weighted by Gasteiger charge is -2.29. The van der Waals surface area contributed by atoms with Gasteiger partial charge in [-0.05, 0) is 37.1 Å². The first-order chi connectivity index (χ1) is 11.3. The molecule has 132 valence electrons. The van der Waals surface area contributed by atoms with Gasteiger partial charge in [0.05, 0.1) is 6.26 Å². The van der Waals surface area contributed by atoms with Crippen molar-refractivity contribution in [1.29, 1.82) is 0 Å². The number of ether oxygens (including phenoxy) is 1. The fraction of sp³-hybridized carbons (Fsp3) is 0.467. The Kier molecular flexibility index (Phi) is 5.79. The molecule has 1 saturated heterocycles. The van der Waals surface area contributed by atoms with Crippen LogP contribution < -0.4 is 10.1 Å². The molecule has 2 rings (SSSR count). The molecule has 24 heavy (non-hydrogen) atoms. The van der Waals surface area contributed by atoms with Gasteiger partial charge in [0.1, 0.15) is 5.75 Å². The van der Waals surface area contributed by atoms with Crippen LogP contribution in [0, 0.1) is 5.92 Å². The summed E-state index contributed by atoms with van der Waals surface area (Å²) in [5.74, 6) is -1.04. The van der Waals surface area contributed by atoms with Crippen molar-refractivity contribution in [3.05, 3.63) is 24.3 Å². The number of carboxylic acids is 1. The van der Waals surface area contributed by atoms with E-state index in [1.807, 2.05) is 0 Å². The van der Waals surface area contributed by atoms with Gasteiger partial charge in [-0.2, -0.15) is 0 Å². The van der Waals surface area contributed by atoms with Gasteiger partial charge >= 0.3 is 5.97 Å². The molecule has 0 saturated carbocycles. The maximum absolute atomic E-state index is 12.2. The van der Waals surface area contributed by atoms with Crippen molar-refractivity contribution in [3.63, 3.8) is 0 Å². The second-order valence-electron chi connectivity index (χ2n) is 5.63. The third kappa shape index (κ3) is 5.20. The summed E-state index contributed by atoms with van der Waals surface area (Å²) in [7, 11) is -3.20. The molecule has 1 aliphatic rings. The summed E-state index contributed by atoms with van der Waals surface area (Å²) in [6.45, 7) is 0.266. The van der Waals surface area contributed by atoms with E-state index in [0.717, 1.165) is 0 Å². The molecule has 1 heterocycles. The van der Waals surface area contributed by atoms with Crippen molar-refractivity contribution < 1.29 is 27.9 Å². The van der Waals surface area contributed by atoms with Crippen LogP contribution in [0.1, 0.15) is 12.8 Å². The monoisotopic (exact) mass is 356 g/mol. The van der Waals surface area contributed by atoms with E-state index in [2.05, 4.69) is 5.32 Å². The van der Waals surface area contributed by atoms with Crippen molar-refractivity contribution >= 4 is 27.6 Å². The molecule has 2 N–H and O–H groups in total. The van der Waals surface area contributed by atoms with E-state index in [4.69, 9.17) is 9.84 Å². The summed E-state index contributed by atoms with van der Waals surface area (Å²) in [6, 6.07) is 6.40. The molecule has 0 aromatic heterocycles. The highest BCUT2D eigenvalue weighted by atomic mass is 32.2. The highest BCUT2D eigenvalue weighted by molar-refractivity contribution is 7.88. The van der Waals surface area contributed by atoms with E-state index in [0.29, 0.717) is 37.4 Å². The largest absolute Gasteiger partial charge is 0.482 e. The number of carbonyl (C=O) groups is 2. The zero-order valence-electron chi connectivity index (χ0n) is 13.3. The molecule has 1 aliphatic heterocycles. The maximum Gasteiger partial charge on any atom is 0.341 e. The average Bonchev–Trinajstić information content (AvgIpc) is 2.53. The quantitative estimate of drug-likeness (QED) is 0.778. The highest BCUT2D eigenvalue weighted by Gasteiger charge is 2.28. The Labute approximate surface area is 140 Å². The Balaban J connectivity index is 1.85. The number of piperidine rings is 1. The lowest BCUT2D eigenvalue weighted by molar-refractivity contribution is -0.139. The Morgan fingerprint density at radius 2 is 1.83 bits per heavy atom. The second-order valence-corrected chi connectivity index (χ2v) is 7.61. The third-order valence-electron chi connectivity index (χ3n) is 3.78. The van der Waals surface area contributed by atoms with Crippen LogP contribution in [0.15, 0.2) is 24.3 Å². The Morgan fingerprint density at radius 3 is 2.33 bits per heavy atom. The van der Waals surface area contributed by atoms with Crippen molar-refractivity contribution in [2.45, 2.75) is 12.8 Å². The Hall–Kier alpha value is -2.13. The second kappa shape index (κ2) is 7.63. The fourth-order valence-corrected chi connectivity index (χ4v) is 3.35.